The number of rotatable bonds is 5. The monoisotopic (exact) mass is 339 g/mol. The molecule has 7 heteroatoms. The third kappa shape index (κ3) is 4.37. The van der Waals surface area contributed by atoms with Crippen LogP contribution in [0.25, 0.3) is 0 Å². The summed E-state index contributed by atoms with van der Waals surface area (Å²) >= 11 is 0. The van der Waals surface area contributed by atoms with Crippen LogP contribution in [0.1, 0.15) is 36.3 Å². The first-order valence-corrected chi connectivity index (χ1v) is 7.58. The third-order valence-corrected chi connectivity index (χ3v) is 3.91. The van der Waals surface area contributed by atoms with Gasteiger partial charge in [0.25, 0.3) is 0 Å². The quantitative estimate of drug-likeness (QED) is 0.830. The fourth-order valence-electron chi connectivity index (χ4n) is 2.57. The van der Waals surface area contributed by atoms with E-state index in [1.807, 2.05) is 18.4 Å². The molecule has 2 aromatic rings. The van der Waals surface area contributed by atoms with E-state index in [2.05, 4.69) is 4.98 Å². The lowest BCUT2D eigenvalue weighted by Crippen LogP contribution is -2.28. The van der Waals surface area contributed by atoms with Gasteiger partial charge in [-0.25, -0.2) is 4.98 Å². The van der Waals surface area contributed by atoms with Crippen LogP contribution in [0.5, 0.6) is 0 Å². The van der Waals surface area contributed by atoms with Crippen LogP contribution in [0, 0.1) is 6.92 Å². The van der Waals surface area contributed by atoms with Crippen LogP contribution < -0.4 is 0 Å². The second kappa shape index (κ2) is 7.07. The Morgan fingerprint density at radius 2 is 2.08 bits per heavy atom. The number of aryl methyl sites for hydroxylation is 1. The van der Waals surface area contributed by atoms with E-state index < -0.39 is 11.7 Å². The van der Waals surface area contributed by atoms with Gasteiger partial charge in [0, 0.05) is 38.4 Å². The first-order valence-electron chi connectivity index (χ1n) is 7.58. The summed E-state index contributed by atoms with van der Waals surface area (Å²) in [6, 6.07) is 4.97. The van der Waals surface area contributed by atoms with E-state index in [1.54, 1.807) is 25.5 Å². The second-order valence-electron chi connectivity index (χ2n) is 5.88. The molecule has 130 valence electrons. The van der Waals surface area contributed by atoms with Crippen LogP contribution in [-0.2, 0) is 17.5 Å². The molecule has 1 aromatic heterocycles. The number of benzene rings is 1. The molecule has 0 spiro atoms. The van der Waals surface area contributed by atoms with Crippen molar-refractivity contribution in [3.8, 4) is 0 Å². The largest absolute Gasteiger partial charge is 0.416 e. The maximum absolute atomic E-state index is 12.7. The highest BCUT2D eigenvalue weighted by Crippen LogP contribution is 2.29. The summed E-state index contributed by atoms with van der Waals surface area (Å²) in [6.45, 7) is 3.90. The third-order valence-electron chi connectivity index (χ3n) is 3.91. The van der Waals surface area contributed by atoms with E-state index in [0.29, 0.717) is 5.56 Å². The molecule has 1 atom stereocenters. The van der Waals surface area contributed by atoms with Gasteiger partial charge in [0.2, 0.25) is 5.91 Å². The Labute approximate surface area is 138 Å². The average Bonchev–Trinajstić information content (AvgIpc) is 2.92. The SMILES string of the molecule is Cc1nccn1C(C)CC(=O)N(C)Cc1cccc(C(F)(F)F)c1. The molecular formula is C17H20F3N3O. The molecule has 0 fully saturated rings. The Morgan fingerprint density at radius 3 is 2.67 bits per heavy atom. The number of hydrogen-bond donors (Lipinski definition) is 0. The van der Waals surface area contributed by atoms with Gasteiger partial charge in [-0.1, -0.05) is 12.1 Å². The molecule has 0 saturated carbocycles. The predicted molar refractivity (Wildman–Crippen MR) is 84.2 cm³/mol. The average molecular weight is 339 g/mol. The second-order valence-corrected chi connectivity index (χ2v) is 5.88. The lowest BCUT2D eigenvalue weighted by molar-refractivity contribution is -0.137. The van der Waals surface area contributed by atoms with E-state index in [1.165, 1.54) is 11.0 Å². The van der Waals surface area contributed by atoms with Gasteiger partial charge in [0.05, 0.1) is 5.56 Å². The molecule has 24 heavy (non-hydrogen) atoms. The molecule has 1 heterocycles. The van der Waals surface area contributed by atoms with Crippen molar-refractivity contribution in [2.45, 2.75) is 39.0 Å². The Kier molecular flexibility index (Phi) is 5.31. The van der Waals surface area contributed by atoms with Crippen LogP contribution >= 0.6 is 0 Å². The maximum Gasteiger partial charge on any atom is 0.416 e. The number of nitrogens with zero attached hydrogens (tertiary/aromatic N) is 3. The van der Waals surface area contributed by atoms with Crippen molar-refractivity contribution in [3.63, 3.8) is 0 Å². The minimum absolute atomic E-state index is 0.0658. The van der Waals surface area contributed by atoms with Gasteiger partial charge in [0.15, 0.2) is 0 Å². The Bertz CT molecular complexity index is 709. The van der Waals surface area contributed by atoms with E-state index in [9.17, 15) is 18.0 Å². The molecular weight excluding hydrogens is 319 g/mol. The highest BCUT2D eigenvalue weighted by molar-refractivity contribution is 5.76. The Balaban J connectivity index is 2.00. The standard InChI is InChI=1S/C17H20F3N3O/c1-12(23-8-7-21-13(23)2)9-16(24)22(3)11-14-5-4-6-15(10-14)17(18,19)20/h4-8,10,12H,9,11H2,1-3H3. The lowest BCUT2D eigenvalue weighted by Gasteiger charge is -2.21. The number of imidazole rings is 1. The van der Waals surface area contributed by atoms with E-state index >= 15 is 0 Å². The van der Waals surface area contributed by atoms with Gasteiger partial charge in [-0.2, -0.15) is 13.2 Å². The summed E-state index contributed by atoms with van der Waals surface area (Å²) in [6.07, 6.45) is -0.651. The minimum atomic E-state index is -4.38. The van der Waals surface area contributed by atoms with Crippen molar-refractivity contribution in [3.05, 3.63) is 53.6 Å². The molecule has 0 aliphatic carbocycles. The first-order chi connectivity index (χ1) is 11.2. The molecule has 2 rings (SSSR count). The minimum Gasteiger partial charge on any atom is -0.341 e. The fourth-order valence-corrected chi connectivity index (χ4v) is 2.57. The van der Waals surface area contributed by atoms with Gasteiger partial charge in [-0.15, -0.1) is 0 Å². The normalized spacial score (nSPS) is 12.9. The molecule has 0 saturated heterocycles. The summed E-state index contributed by atoms with van der Waals surface area (Å²) in [5.41, 5.74) is -0.254. The highest BCUT2D eigenvalue weighted by atomic mass is 19.4. The molecule has 0 N–H and O–H groups in total. The molecule has 0 radical (unpaired) electrons. The van der Waals surface area contributed by atoms with Crippen LogP contribution in [-0.4, -0.2) is 27.4 Å². The van der Waals surface area contributed by atoms with Gasteiger partial charge in [-0.3, -0.25) is 4.79 Å². The van der Waals surface area contributed by atoms with Crippen LogP contribution in [0.3, 0.4) is 0 Å². The van der Waals surface area contributed by atoms with Crippen molar-refractivity contribution >= 4 is 5.91 Å². The van der Waals surface area contributed by atoms with Crippen molar-refractivity contribution in [1.29, 1.82) is 0 Å². The van der Waals surface area contributed by atoms with E-state index in [4.69, 9.17) is 0 Å². The number of aromatic nitrogens is 2. The van der Waals surface area contributed by atoms with Gasteiger partial charge < -0.3 is 9.47 Å². The number of alkyl halides is 3. The number of carbonyl (C=O) groups excluding carboxylic acids is 1. The fraction of sp³-hybridized carbons (Fsp3) is 0.412. The van der Waals surface area contributed by atoms with Crippen LogP contribution in [0.15, 0.2) is 36.7 Å². The van der Waals surface area contributed by atoms with Crippen LogP contribution in [0.4, 0.5) is 13.2 Å². The molecule has 4 nitrogen and oxygen atoms in total. The molecule has 1 aromatic carbocycles. The zero-order valence-corrected chi connectivity index (χ0v) is 13.8. The summed E-state index contributed by atoms with van der Waals surface area (Å²) in [5.74, 6) is 0.684. The maximum atomic E-state index is 12.7. The number of amides is 1. The number of halogens is 3. The number of carbonyl (C=O) groups is 1. The zero-order chi connectivity index (χ0) is 17.9. The van der Waals surface area contributed by atoms with Crippen molar-refractivity contribution in [2.75, 3.05) is 7.05 Å². The number of hydrogen-bond acceptors (Lipinski definition) is 2. The molecule has 0 bridgehead atoms. The predicted octanol–water partition coefficient (Wildman–Crippen LogP) is 3.82. The smallest absolute Gasteiger partial charge is 0.341 e. The van der Waals surface area contributed by atoms with Crippen molar-refractivity contribution < 1.29 is 18.0 Å². The molecule has 0 aliphatic heterocycles. The Hall–Kier alpha value is -2.31. The van der Waals surface area contributed by atoms with Crippen molar-refractivity contribution in [1.82, 2.24) is 14.5 Å². The summed E-state index contributed by atoms with van der Waals surface area (Å²) in [4.78, 5) is 17.9. The molecule has 0 aliphatic rings. The van der Waals surface area contributed by atoms with E-state index in [0.717, 1.165) is 18.0 Å². The Morgan fingerprint density at radius 1 is 1.38 bits per heavy atom. The van der Waals surface area contributed by atoms with E-state index in [-0.39, 0.29) is 24.9 Å². The zero-order valence-electron chi connectivity index (χ0n) is 13.8. The summed E-state index contributed by atoms with van der Waals surface area (Å²) in [7, 11) is 1.59. The first kappa shape index (κ1) is 18.0. The topological polar surface area (TPSA) is 38.1 Å². The highest BCUT2D eigenvalue weighted by Gasteiger charge is 2.30. The summed E-state index contributed by atoms with van der Waals surface area (Å²) in [5, 5.41) is 0. The van der Waals surface area contributed by atoms with Gasteiger partial charge in [-0.05, 0) is 31.5 Å². The molecule has 1 unspecified atom stereocenters. The van der Waals surface area contributed by atoms with Gasteiger partial charge >= 0.3 is 6.18 Å². The van der Waals surface area contributed by atoms with Gasteiger partial charge in [0.1, 0.15) is 5.82 Å². The van der Waals surface area contributed by atoms with Crippen molar-refractivity contribution in [2.24, 2.45) is 0 Å². The lowest BCUT2D eigenvalue weighted by atomic mass is 10.1. The molecule has 1 amide bonds. The summed E-state index contributed by atoms with van der Waals surface area (Å²) < 4.78 is 40.1. The van der Waals surface area contributed by atoms with Crippen LogP contribution in [0.2, 0.25) is 0 Å².